The van der Waals surface area contributed by atoms with Gasteiger partial charge in [-0.1, -0.05) is 0 Å². The van der Waals surface area contributed by atoms with Crippen LogP contribution in [-0.2, 0) is 36.0 Å². The number of alkyl halides is 3. The number of hydrogen-bond donors (Lipinski definition) is 3. The molecule has 174 valence electrons. The van der Waals surface area contributed by atoms with Gasteiger partial charge in [0, 0.05) is 50.5 Å². The van der Waals surface area contributed by atoms with Gasteiger partial charge in [0.15, 0.2) is 0 Å². The number of benzene rings is 1. The van der Waals surface area contributed by atoms with Gasteiger partial charge in [-0.3, -0.25) is 0 Å². The lowest BCUT2D eigenvalue weighted by atomic mass is 10.1. The largest absolute Gasteiger partial charge is 0.416 e. The van der Waals surface area contributed by atoms with Crippen molar-refractivity contribution < 1.29 is 21.6 Å². The van der Waals surface area contributed by atoms with Gasteiger partial charge < -0.3 is 16.4 Å². The fourth-order valence-electron chi connectivity index (χ4n) is 3.71. The number of nitrogens with one attached hydrogen (secondary N) is 2. The molecule has 3 heterocycles. The summed E-state index contributed by atoms with van der Waals surface area (Å²) in [5.74, 6) is 0.272. The molecule has 9 nitrogen and oxygen atoms in total. The first-order valence-electron chi connectivity index (χ1n) is 9.76. The maximum Gasteiger partial charge on any atom is 0.416 e. The van der Waals surface area contributed by atoms with E-state index in [1.807, 2.05) is 0 Å². The number of hydrogen-bond acceptors (Lipinski definition) is 7. The van der Waals surface area contributed by atoms with Gasteiger partial charge in [0.2, 0.25) is 5.28 Å². The first-order chi connectivity index (χ1) is 15.0. The Labute approximate surface area is 187 Å². The molecular formula is C18H21ClF3N7O2S. The average Bonchev–Trinajstić information content (AvgIpc) is 3.16. The smallest absolute Gasteiger partial charge is 0.399 e. The van der Waals surface area contributed by atoms with Gasteiger partial charge >= 0.3 is 6.18 Å². The molecule has 32 heavy (non-hydrogen) atoms. The summed E-state index contributed by atoms with van der Waals surface area (Å²) < 4.78 is 67.9. The molecule has 0 unspecified atom stereocenters. The molecule has 0 aliphatic carbocycles. The van der Waals surface area contributed by atoms with E-state index >= 15 is 0 Å². The first kappa shape index (κ1) is 23.0. The Hall–Kier alpha value is -2.19. The summed E-state index contributed by atoms with van der Waals surface area (Å²) in [6.07, 6.45) is -4.53. The van der Waals surface area contributed by atoms with Crippen LogP contribution in [0.5, 0.6) is 0 Å². The monoisotopic (exact) mass is 491 g/mol. The summed E-state index contributed by atoms with van der Waals surface area (Å²) in [5.41, 5.74) is 6.03. The van der Waals surface area contributed by atoms with E-state index in [0.717, 1.165) is 12.1 Å². The minimum absolute atomic E-state index is 0.0154. The Morgan fingerprint density at radius 3 is 2.53 bits per heavy atom. The van der Waals surface area contributed by atoms with E-state index in [1.165, 1.54) is 14.7 Å². The number of rotatable bonds is 5. The minimum Gasteiger partial charge on any atom is -0.399 e. The van der Waals surface area contributed by atoms with Crippen molar-refractivity contribution in [3.63, 3.8) is 0 Å². The number of nitrogens with two attached hydrogens (primary N) is 1. The molecule has 1 aromatic heterocycles. The Morgan fingerprint density at radius 2 is 1.84 bits per heavy atom. The fraction of sp³-hybridized carbons (Fsp3) is 0.444. The second-order valence-electron chi connectivity index (χ2n) is 7.51. The van der Waals surface area contributed by atoms with E-state index in [-0.39, 0.29) is 36.4 Å². The van der Waals surface area contributed by atoms with Gasteiger partial charge in [-0.15, -0.1) is 0 Å². The highest BCUT2D eigenvalue weighted by molar-refractivity contribution is 7.86. The number of piperazine rings is 1. The lowest BCUT2D eigenvalue weighted by Crippen LogP contribution is -2.50. The number of anilines is 2. The van der Waals surface area contributed by atoms with Crippen LogP contribution in [0.1, 0.15) is 22.4 Å². The molecule has 2 aliphatic heterocycles. The molecule has 2 aromatic rings. The summed E-state index contributed by atoms with van der Waals surface area (Å²) in [7, 11) is -3.71. The normalized spacial score (nSPS) is 18.0. The molecule has 1 fully saturated rings. The van der Waals surface area contributed by atoms with Crippen LogP contribution in [0.4, 0.5) is 24.7 Å². The van der Waals surface area contributed by atoms with Gasteiger partial charge in [0.1, 0.15) is 5.82 Å². The van der Waals surface area contributed by atoms with Crippen molar-refractivity contribution in [1.82, 2.24) is 23.9 Å². The van der Waals surface area contributed by atoms with Crippen LogP contribution >= 0.6 is 11.6 Å². The molecule has 1 aromatic carbocycles. The van der Waals surface area contributed by atoms with Crippen molar-refractivity contribution in [3.8, 4) is 0 Å². The van der Waals surface area contributed by atoms with Crippen molar-refractivity contribution in [1.29, 1.82) is 0 Å². The summed E-state index contributed by atoms with van der Waals surface area (Å²) >= 11 is 6.01. The molecule has 0 bridgehead atoms. The standard InChI is InChI=1S/C18H21ClF3N7O2S/c19-17-26-15-10-29(32(30,31)28-3-1-24-2-4-28)9-14(15)16(27-17)25-8-11-5-12(18(20,21)22)7-13(23)6-11/h5-7,24H,1-4,8-10,23H2,(H,25,26,27). The topological polar surface area (TPSA) is 116 Å². The number of aromatic nitrogens is 2. The first-order valence-corrected chi connectivity index (χ1v) is 11.5. The average molecular weight is 492 g/mol. The summed E-state index contributed by atoms with van der Waals surface area (Å²) in [5, 5.41) is 5.98. The van der Waals surface area contributed by atoms with Crippen molar-refractivity contribution in [2.45, 2.75) is 25.8 Å². The number of fused-ring (bicyclic) bond motifs is 1. The highest BCUT2D eigenvalue weighted by Crippen LogP contribution is 2.33. The molecule has 0 saturated carbocycles. The predicted molar refractivity (Wildman–Crippen MR) is 113 cm³/mol. The van der Waals surface area contributed by atoms with E-state index in [4.69, 9.17) is 17.3 Å². The van der Waals surface area contributed by atoms with Crippen molar-refractivity contribution in [3.05, 3.63) is 45.9 Å². The van der Waals surface area contributed by atoms with Gasteiger partial charge in [-0.2, -0.15) is 30.2 Å². The Balaban J connectivity index is 1.55. The number of halogens is 4. The molecule has 0 amide bonds. The van der Waals surface area contributed by atoms with Crippen LogP contribution < -0.4 is 16.4 Å². The van der Waals surface area contributed by atoms with Gasteiger partial charge in [-0.25, -0.2) is 9.97 Å². The van der Waals surface area contributed by atoms with Crippen LogP contribution in [0.3, 0.4) is 0 Å². The third kappa shape index (κ3) is 4.76. The zero-order chi connectivity index (χ0) is 23.1. The Morgan fingerprint density at radius 1 is 1.12 bits per heavy atom. The number of nitrogen functional groups attached to an aromatic ring is 1. The summed E-state index contributed by atoms with van der Waals surface area (Å²) in [6.45, 7) is 1.92. The van der Waals surface area contributed by atoms with Gasteiger partial charge in [0.25, 0.3) is 10.2 Å². The zero-order valence-corrected chi connectivity index (χ0v) is 18.4. The van der Waals surface area contributed by atoms with E-state index in [1.54, 1.807) is 0 Å². The summed E-state index contributed by atoms with van der Waals surface area (Å²) in [4.78, 5) is 8.27. The van der Waals surface area contributed by atoms with Crippen LogP contribution in [0.2, 0.25) is 5.28 Å². The SMILES string of the molecule is Nc1cc(CNc2nc(Cl)nc3c2CN(S(=O)(=O)N2CCNCC2)C3)cc(C(F)(F)F)c1. The molecular weight excluding hydrogens is 471 g/mol. The highest BCUT2D eigenvalue weighted by atomic mass is 35.5. The van der Waals surface area contributed by atoms with Gasteiger partial charge in [0.05, 0.1) is 17.8 Å². The second kappa shape index (κ2) is 8.63. The maximum absolute atomic E-state index is 13.1. The highest BCUT2D eigenvalue weighted by Gasteiger charge is 2.37. The second-order valence-corrected chi connectivity index (χ2v) is 9.77. The van der Waals surface area contributed by atoms with Crippen LogP contribution in [0, 0.1) is 0 Å². The van der Waals surface area contributed by atoms with Crippen molar-refractivity contribution >= 4 is 33.3 Å². The molecule has 1 saturated heterocycles. The van der Waals surface area contributed by atoms with Crippen LogP contribution in [0.15, 0.2) is 18.2 Å². The third-order valence-corrected chi connectivity index (χ3v) is 7.35. The molecule has 0 spiro atoms. The van der Waals surface area contributed by atoms with Gasteiger partial charge in [-0.05, 0) is 35.4 Å². The summed E-state index contributed by atoms with van der Waals surface area (Å²) in [6, 6.07) is 3.28. The lowest BCUT2D eigenvalue weighted by Gasteiger charge is -2.30. The Kier molecular flexibility index (Phi) is 6.20. The quantitative estimate of drug-likeness (QED) is 0.431. The van der Waals surface area contributed by atoms with Crippen LogP contribution in [0.25, 0.3) is 0 Å². The van der Waals surface area contributed by atoms with Crippen molar-refractivity contribution in [2.24, 2.45) is 0 Å². The molecule has 0 atom stereocenters. The lowest BCUT2D eigenvalue weighted by molar-refractivity contribution is -0.137. The van der Waals surface area contributed by atoms with Crippen molar-refractivity contribution in [2.75, 3.05) is 37.2 Å². The van der Waals surface area contributed by atoms with Crippen LogP contribution in [-0.4, -0.2) is 53.2 Å². The minimum atomic E-state index is -4.53. The Bertz CT molecular complexity index is 1120. The van der Waals surface area contributed by atoms with E-state index in [9.17, 15) is 21.6 Å². The predicted octanol–water partition coefficient (Wildman–Crippen LogP) is 1.81. The maximum atomic E-state index is 13.1. The molecule has 4 rings (SSSR count). The van der Waals surface area contributed by atoms with E-state index in [2.05, 4.69) is 20.6 Å². The molecule has 4 N–H and O–H groups in total. The zero-order valence-electron chi connectivity index (χ0n) is 16.8. The molecule has 0 radical (unpaired) electrons. The van der Waals surface area contributed by atoms with E-state index < -0.39 is 21.9 Å². The number of nitrogens with zero attached hydrogens (tertiary/aromatic N) is 4. The third-order valence-electron chi connectivity index (χ3n) is 5.26. The molecule has 14 heteroatoms. The van der Waals surface area contributed by atoms with E-state index in [0.29, 0.717) is 43.0 Å². The fourth-order valence-corrected chi connectivity index (χ4v) is 5.45. The molecule has 2 aliphatic rings.